The highest BCUT2D eigenvalue weighted by molar-refractivity contribution is 7.11. The van der Waals surface area contributed by atoms with Gasteiger partial charge in [0.25, 0.3) is 0 Å². The fourth-order valence-corrected chi connectivity index (χ4v) is 3.02. The van der Waals surface area contributed by atoms with Crippen LogP contribution >= 0.6 is 11.3 Å². The van der Waals surface area contributed by atoms with Gasteiger partial charge in [-0.05, 0) is 13.8 Å². The second-order valence-corrected chi connectivity index (χ2v) is 6.56. The van der Waals surface area contributed by atoms with Crippen molar-refractivity contribution in [1.82, 2.24) is 20.1 Å². The summed E-state index contributed by atoms with van der Waals surface area (Å²) in [5.74, 6) is 0. The van der Waals surface area contributed by atoms with E-state index >= 15 is 0 Å². The summed E-state index contributed by atoms with van der Waals surface area (Å²) in [6, 6.07) is -1.72. The molecule has 9 heteroatoms. The molecular weight excluding hydrogens is 317 g/mol. The summed E-state index contributed by atoms with van der Waals surface area (Å²) in [6.45, 7) is 4.49. The third kappa shape index (κ3) is 4.33. The van der Waals surface area contributed by atoms with Gasteiger partial charge in [-0.1, -0.05) is 0 Å². The first-order valence-electron chi connectivity index (χ1n) is 7.02. The third-order valence-corrected chi connectivity index (χ3v) is 4.62. The Morgan fingerprint density at radius 1 is 1.41 bits per heavy atom. The predicted molar refractivity (Wildman–Crippen MR) is 77.7 cm³/mol. The number of thiazole rings is 1. The van der Waals surface area contributed by atoms with Crippen LogP contribution in [0.4, 0.5) is 18.0 Å². The molecule has 1 saturated heterocycles. The van der Waals surface area contributed by atoms with Crippen LogP contribution in [-0.4, -0.2) is 59.2 Å². The fraction of sp³-hybridized carbons (Fsp3) is 0.692. The molecule has 0 aromatic carbocycles. The Bertz CT molecular complexity index is 512. The summed E-state index contributed by atoms with van der Waals surface area (Å²) in [7, 11) is 0. The number of nitrogens with one attached hydrogen (secondary N) is 1. The van der Waals surface area contributed by atoms with E-state index < -0.39 is 12.2 Å². The number of aromatic nitrogens is 1. The summed E-state index contributed by atoms with van der Waals surface area (Å²) < 4.78 is 38.0. The first-order valence-corrected chi connectivity index (χ1v) is 7.84. The second-order valence-electron chi connectivity index (χ2n) is 5.24. The molecule has 1 atom stereocenters. The molecule has 0 unspecified atom stereocenters. The van der Waals surface area contributed by atoms with E-state index in [1.807, 2.05) is 6.92 Å². The molecule has 1 N–H and O–H groups in total. The van der Waals surface area contributed by atoms with Crippen LogP contribution in [0.2, 0.25) is 0 Å². The number of rotatable bonds is 3. The molecule has 0 spiro atoms. The van der Waals surface area contributed by atoms with Crippen LogP contribution in [0.5, 0.6) is 0 Å². The lowest BCUT2D eigenvalue weighted by Crippen LogP contribution is -2.56. The smallest absolute Gasteiger partial charge is 0.333 e. The van der Waals surface area contributed by atoms with Crippen molar-refractivity contribution < 1.29 is 18.0 Å². The van der Waals surface area contributed by atoms with Crippen molar-refractivity contribution in [3.63, 3.8) is 0 Å². The normalized spacial score (nSPS) is 18.3. The van der Waals surface area contributed by atoms with Gasteiger partial charge >= 0.3 is 12.2 Å². The summed E-state index contributed by atoms with van der Waals surface area (Å²) in [5, 5.41) is 3.70. The number of aryl methyl sites for hydroxylation is 1. The van der Waals surface area contributed by atoms with Crippen molar-refractivity contribution in [1.29, 1.82) is 0 Å². The van der Waals surface area contributed by atoms with Crippen molar-refractivity contribution in [3.8, 4) is 0 Å². The minimum Gasteiger partial charge on any atom is -0.333 e. The lowest BCUT2D eigenvalue weighted by molar-refractivity contribution is -0.181. The van der Waals surface area contributed by atoms with E-state index in [4.69, 9.17) is 0 Å². The van der Waals surface area contributed by atoms with Crippen LogP contribution in [0.25, 0.3) is 0 Å². The molecule has 0 bridgehead atoms. The standard InChI is InChI=1S/C13H19F3N4OS/c1-9(13(14,15)16)19-3-5-20(6-4-19)12(21)18-8-11-7-17-10(2)22-11/h7,9H,3-6,8H2,1-2H3,(H,18,21)/t9-/m0/s1. The molecule has 1 aromatic heterocycles. The van der Waals surface area contributed by atoms with Gasteiger partial charge in [0.15, 0.2) is 0 Å². The first kappa shape index (κ1) is 17.0. The maximum Gasteiger partial charge on any atom is 0.403 e. The van der Waals surface area contributed by atoms with Gasteiger partial charge in [0, 0.05) is 37.3 Å². The number of hydrogen-bond acceptors (Lipinski definition) is 4. The number of hydrogen-bond donors (Lipinski definition) is 1. The highest BCUT2D eigenvalue weighted by Gasteiger charge is 2.41. The number of urea groups is 1. The van der Waals surface area contributed by atoms with Crippen molar-refractivity contribution in [3.05, 3.63) is 16.1 Å². The minimum absolute atomic E-state index is 0.230. The Kier molecular flexibility index (Phi) is 5.28. The average Bonchev–Trinajstić information content (AvgIpc) is 2.89. The van der Waals surface area contributed by atoms with Gasteiger partial charge in [-0.25, -0.2) is 9.78 Å². The number of halogens is 3. The lowest BCUT2D eigenvalue weighted by atomic mass is 10.2. The number of nitrogens with zero attached hydrogens (tertiary/aromatic N) is 3. The van der Waals surface area contributed by atoms with Gasteiger partial charge < -0.3 is 10.2 Å². The molecule has 1 aliphatic rings. The number of amides is 2. The summed E-state index contributed by atoms with van der Waals surface area (Å²) >= 11 is 1.51. The Labute approximate surface area is 131 Å². The zero-order valence-electron chi connectivity index (χ0n) is 12.5. The van der Waals surface area contributed by atoms with Crippen molar-refractivity contribution in [2.24, 2.45) is 0 Å². The maximum atomic E-state index is 12.7. The molecule has 1 aromatic rings. The second kappa shape index (κ2) is 6.82. The van der Waals surface area contributed by atoms with E-state index in [1.54, 1.807) is 11.1 Å². The quantitative estimate of drug-likeness (QED) is 0.921. The van der Waals surface area contributed by atoms with Gasteiger partial charge in [-0.2, -0.15) is 13.2 Å². The van der Waals surface area contributed by atoms with Gasteiger partial charge in [0.1, 0.15) is 6.04 Å². The van der Waals surface area contributed by atoms with Crippen molar-refractivity contribution in [2.45, 2.75) is 32.6 Å². The molecule has 0 saturated carbocycles. The van der Waals surface area contributed by atoms with Gasteiger partial charge in [0.2, 0.25) is 0 Å². The SMILES string of the molecule is Cc1ncc(CNC(=O)N2CCN([C@@H](C)C(F)(F)F)CC2)s1. The monoisotopic (exact) mass is 336 g/mol. The zero-order valence-corrected chi connectivity index (χ0v) is 13.3. The van der Waals surface area contributed by atoms with E-state index in [2.05, 4.69) is 10.3 Å². The molecule has 1 aliphatic heterocycles. The Morgan fingerprint density at radius 3 is 2.55 bits per heavy atom. The molecule has 0 radical (unpaired) electrons. The molecule has 2 amide bonds. The summed E-state index contributed by atoms with van der Waals surface area (Å²) in [5.41, 5.74) is 0. The number of carbonyl (C=O) groups excluding carboxylic acids is 1. The maximum absolute atomic E-state index is 12.7. The third-order valence-electron chi connectivity index (χ3n) is 3.71. The number of carbonyl (C=O) groups is 1. The summed E-state index contributed by atoms with van der Waals surface area (Å²) in [6.07, 6.45) is -2.52. The molecule has 1 fully saturated rings. The Morgan fingerprint density at radius 2 is 2.05 bits per heavy atom. The first-order chi connectivity index (χ1) is 10.3. The molecule has 22 heavy (non-hydrogen) atoms. The highest BCUT2D eigenvalue weighted by Crippen LogP contribution is 2.25. The van der Waals surface area contributed by atoms with Crippen molar-refractivity contribution >= 4 is 17.4 Å². The van der Waals surface area contributed by atoms with Crippen LogP contribution in [0.3, 0.4) is 0 Å². The lowest BCUT2D eigenvalue weighted by Gasteiger charge is -2.38. The van der Waals surface area contributed by atoms with E-state index in [-0.39, 0.29) is 19.1 Å². The largest absolute Gasteiger partial charge is 0.403 e. The van der Waals surface area contributed by atoms with E-state index in [1.165, 1.54) is 16.2 Å². The molecule has 5 nitrogen and oxygen atoms in total. The molecular formula is C13H19F3N4OS. The van der Waals surface area contributed by atoms with Gasteiger partial charge in [0.05, 0.1) is 11.6 Å². The van der Waals surface area contributed by atoms with Crippen LogP contribution in [0.1, 0.15) is 16.8 Å². The Hall–Kier alpha value is -1.35. The zero-order chi connectivity index (χ0) is 16.3. The van der Waals surface area contributed by atoms with E-state index in [0.29, 0.717) is 19.6 Å². The molecule has 0 aliphatic carbocycles. The van der Waals surface area contributed by atoms with Crippen LogP contribution in [0.15, 0.2) is 6.20 Å². The van der Waals surface area contributed by atoms with Crippen LogP contribution < -0.4 is 5.32 Å². The Balaban J connectivity index is 1.77. The van der Waals surface area contributed by atoms with Crippen LogP contribution in [0, 0.1) is 6.92 Å². The number of piperazine rings is 1. The average molecular weight is 336 g/mol. The molecule has 2 rings (SSSR count). The predicted octanol–water partition coefficient (Wildman–Crippen LogP) is 2.23. The summed E-state index contributed by atoms with van der Waals surface area (Å²) in [4.78, 5) is 20.0. The topological polar surface area (TPSA) is 48.5 Å². The van der Waals surface area contributed by atoms with Crippen molar-refractivity contribution in [2.75, 3.05) is 26.2 Å². The molecule has 124 valence electrons. The van der Waals surface area contributed by atoms with Gasteiger partial charge in [-0.3, -0.25) is 4.90 Å². The highest BCUT2D eigenvalue weighted by atomic mass is 32.1. The molecule has 2 heterocycles. The van der Waals surface area contributed by atoms with Crippen LogP contribution in [-0.2, 0) is 6.54 Å². The fourth-order valence-electron chi connectivity index (χ4n) is 2.28. The van der Waals surface area contributed by atoms with E-state index in [0.717, 1.165) is 16.8 Å². The van der Waals surface area contributed by atoms with Gasteiger partial charge in [-0.15, -0.1) is 11.3 Å². The minimum atomic E-state index is -4.23. The number of alkyl halides is 3. The van der Waals surface area contributed by atoms with E-state index in [9.17, 15) is 18.0 Å².